The van der Waals surface area contributed by atoms with Gasteiger partial charge in [-0.15, -0.1) is 0 Å². The Morgan fingerprint density at radius 1 is 1.35 bits per heavy atom. The quantitative estimate of drug-likeness (QED) is 0.925. The van der Waals surface area contributed by atoms with Crippen molar-refractivity contribution in [1.82, 2.24) is 9.97 Å². The Morgan fingerprint density at radius 3 is 3.10 bits per heavy atom. The fourth-order valence-electron chi connectivity index (χ4n) is 2.38. The van der Waals surface area contributed by atoms with Crippen LogP contribution in [-0.2, 0) is 12.8 Å². The molecule has 0 aliphatic carbocycles. The Hall–Kier alpha value is -1.94. The topological polar surface area (TPSA) is 61.0 Å². The van der Waals surface area contributed by atoms with Crippen LogP contribution in [0.1, 0.15) is 24.7 Å². The first-order valence-electron chi connectivity index (χ1n) is 7.06. The molecule has 1 unspecified atom stereocenters. The minimum absolute atomic E-state index is 0.180. The lowest BCUT2D eigenvalue weighted by atomic mass is 10.1. The third-order valence-electron chi connectivity index (χ3n) is 3.51. The first-order chi connectivity index (χ1) is 9.72. The van der Waals surface area contributed by atoms with Crippen molar-refractivity contribution in [2.45, 2.75) is 32.2 Å². The largest absolute Gasteiger partial charge is 0.493 e. The van der Waals surface area contributed by atoms with Crippen molar-refractivity contribution >= 4 is 0 Å². The molecule has 2 heterocycles. The molecule has 104 valence electrons. The maximum absolute atomic E-state index is 5.78. The second kappa shape index (κ2) is 5.59. The molecule has 2 aromatic rings. The second-order valence-corrected chi connectivity index (χ2v) is 5.30. The fourth-order valence-corrected chi connectivity index (χ4v) is 2.38. The number of nitrogens with two attached hydrogens (primary N) is 1. The average Bonchev–Trinajstić information content (AvgIpc) is 2.93. The maximum Gasteiger partial charge on any atom is 0.129 e. The van der Waals surface area contributed by atoms with Crippen LogP contribution in [0.25, 0.3) is 11.3 Å². The highest BCUT2D eigenvalue weighted by molar-refractivity contribution is 5.62. The molecule has 0 fully saturated rings. The van der Waals surface area contributed by atoms with Gasteiger partial charge in [0.05, 0.1) is 12.3 Å². The van der Waals surface area contributed by atoms with E-state index in [2.05, 4.69) is 22.1 Å². The van der Waals surface area contributed by atoms with E-state index in [9.17, 15) is 0 Å². The Labute approximate surface area is 119 Å². The second-order valence-electron chi connectivity index (χ2n) is 5.30. The molecular formula is C16H19N3O. The minimum atomic E-state index is 0.180. The van der Waals surface area contributed by atoms with Crippen molar-refractivity contribution in [3.8, 4) is 17.0 Å². The number of aryl methyl sites for hydroxylation is 1. The summed E-state index contributed by atoms with van der Waals surface area (Å²) in [6, 6.07) is 8.38. The molecule has 0 saturated carbocycles. The van der Waals surface area contributed by atoms with Crippen LogP contribution in [0.4, 0.5) is 0 Å². The Balaban J connectivity index is 1.84. The molecule has 4 heteroatoms. The van der Waals surface area contributed by atoms with E-state index in [4.69, 9.17) is 10.5 Å². The van der Waals surface area contributed by atoms with Gasteiger partial charge < -0.3 is 10.5 Å². The standard InChI is InChI=1S/C16H19N3O/c1-11(17)2-5-16-18-8-6-14(19-16)12-3-4-15-13(10-12)7-9-20-15/h3-4,6,8,10-11H,2,5,7,9,17H2,1H3. The third kappa shape index (κ3) is 2.80. The van der Waals surface area contributed by atoms with Crippen molar-refractivity contribution in [3.05, 3.63) is 41.9 Å². The van der Waals surface area contributed by atoms with Crippen molar-refractivity contribution in [2.24, 2.45) is 5.73 Å². The van der Waals surface area contributed by atoms with Crippen molar-refractivity contribution in [3.63, 3.8) is 0 Å². The number of hydrogen-bond donors (Lipinski definition) is 1. The van der Waals surface area contributed by atoms with Crippen molar-refractivity contribution in [1.29, 1.82) is 0 Å². The molecule has 1 aliphatic rings. The van der Waals surface area contributed by atoms with E-state index in [-0.39, 0.29) is 6.04 Å². The van der Waals surface area contributed by atoms with Gasteiger partial charge in [-0.3, -0.25) is 0 Å². The number of aromatic nitrogens is 2. The van der Waals surface area contributed by atoms with Crippen LogP contribution >= 0.6 is 0 Å². The first kappa shape index (κ1) is 13.1. The molecule has 0 bridgehead atoms. The highest BCUT2D eigenvalue weighted by atomic mass is 16.5. The van der Waals surface area contributed by atoms with Crippen LogP contribution in [0.2, 0.25) is 0 Å². The number of hydrogen-bond acceptors (Lipinski definition) is 4. The van der Waals surface area contributed by atoms with E-state index >= 15 is 0 Å². The highest BCUT2D eigenvalue weighted by Crippen LogP contribution is 2.29. The Morgan fingerprint density at radius 2 is 2.25 bits per heavy atom. The maximum atomic E-state index is 5.78. The lowest BCUT2D eigenvalue weighted by molar-refractivity contribution is 0.357. The van der Waals surface area contributed by atoms with Gasteiger partial charge in [-0.05, 0) is 43.2 Å². The summed E-state index contributed by atoms with van der Waals surface area (Å²) >= 11 is 0. The predicted molar refractivity (Wildman–Crippen MR) is 78.6 cm³/mol. The van der Waals surface area contributed by atoms with E-state index in [0.29, 0.717) is 0 Å². The fraction of sp³-hybridized carbons (Fsp3) is 0.375. The molecule has 1 aromatic carbocycles. The van der Waals surface area contributed by atoms with Crippen LogP contribution in [0.3, 0.4) is 0 Å². The first-order valence-corrected chi connectivity index (χ1v) is 7.06. The van der Waals surface area contributed by atoms with Gasteiger partial charge in [-0.25, -0.2) is 9.97 Å². The minimum Gasteiger partial charge on any atom is -0.493 e. The number of rotatable bonds is 4. The lowest BCUT2D eigenvalue weighted by Crippen LogP contribution is -2.16. The molecule has 0 saturated heterocycles. The van der Waals surface area contributed by atoms with Gasteiger partial charge >= 0.3 is 0 Å². The highest BCUT2D eigenvalue weighted by Gasteiger charge is 2.13. The van der Waals surface area contributed by atoms with Gasteiger partial charge in [-0.2, -0.15) is 0 Å². The van der Waals surface area contributed by atoms with Gasteiger partial charge in [0, 0.05) is 30.6 Å². The van der Waals surface area contributed by atoms with E-state index in [1.807, 2.05) is 25.3 Å². The molecule has 1 atom stereocenters. The van der Waals surface area contributed by atoms with Crippen LogP contribution in [0, 0.1) is 0 Å². The van der Waals surface area contributed by atoms with Crippen LogP contribution in [-0.4, -0.2) is 22.6 Å². The number of fused-ring (bicyclic) bond motifs is 1. The van der Waals surface area contributed by atoms with Crippen molar-refractivity contribution in [2.75, 3.05) is 6.61 Å². The van der Waals surface area contributed by atoms with Crippen LogP contribution in [0.15, 0.2) is 30.5 Å². The van der Waals surface area contributed by atoms with Gasteiger partial charge in [0.2, 0.25) is 0 Å². The van der Waals surface area contributed by atoms with Gasteiger partial charge in [0.15, 0.2) is 0 Å². The Kier molecular flexibility index (Phi) is 3.65. The van der Waals surface area contributed by atoms with Gasteiger partial charge in [0.25, 0.3) is 0 Å². The SMILES string of the molecule is CC(N)CCc1nccc(-c2ccc3c(c2)CCO3)n1. The van der Waals surface area contributed by atoms with Gasteiger partial charge in [0.1, 0.15) is 11.6 Å². The molecule has 0 radical (unpaired) electrons. The van der Waals surface area contributed by atoms with Crippen molar-refractivity contribution < 1.29 is 4.74 Å². The van der Waals surface area contributed by atoms with E-state index in [1.165, 1.54) is 5.56 Å². The van der Waals surface area contributed by atoms with Crippen LogP contribution < -0.4 is 10.5 Å². The molecule has 0 spiro atoms. The number of benzene rings is 1. The lowest BCUT2D eigenvalue weighted by Gasteiger charge is -2.07. The summed E-state index contributed by atoms with van der Waals surface area (Å²) in [6.45, 7) is 2.78. The van der Waals surface area contributed by atoms with Crippen LogP contribution in [0.5, 0.6) is 5.75 Å². The molecule has 1 aromatic heterocycles. The summed E-state index contributed by atoms with van der Waals surface area (Å²) in [5.74, 6) is 1.86. The normalized spacial score (nSPS) is 14.7. The summed E-state index contributed by atoms with van der Waals surface area (Å²) in [5, 5.41) is 0. The van der Waals surface area contributed by atoms with E-state index in [1.54, 1.807) is 0 Å². The predicted octanol–water partition coefficient (Wildman–Crippen LogP) is 2.36. The monoisotopic (exact) mass is 269 g/mol. The number of ether oxygens (including phenoxy) is 1. The average molecular weight is 269 g/mol. The summed E-state index contributed by atoms with van der Waals surface area (Å²) < 4.78 is 5.53. The zero-order valence-electron chi connectivity index (χ0n) is 11.7. The smallest absolute Gasteiger partial charge is 0.129 e. The molecule has 3 rings (SSSR count). The van der Waals surface area contributed by atoms with E-state index in [0.717, 1.165) is 48.7 Å². The molecule has 20 heavy (non-hydrogen) atoms. The molecule has 0 amide bonds. The Bertz CT molecular complexity index is 610. The molecule has 2 N–H and O–H groups in total. The van der Waals surface area contributed by atoms with E-state index < -0.39 is 0 Å². The summed E-state index contributed by atoms with van der Waals surface area (Å²) in [6.07, 6.45) is 4.52. The van der Waals surface area contributed by atoms with Gasteiger partial charge in [-0.1, -0.05) is 0 Å². The molecule has 1 aliphatic heterocycles. The zero-order valence-corrected chi connectivity index (χ0v) is 11.7. The number of nitrogens with zero attached hydrogens (tertiary/aromatic N) is 2. The summed E-state index contributed by atoms with van der Waals surface area (Å²) in [7, 11) is 0. The molecular weight excluding hydrogens is 250 g/mol. The third-order valence-corrected chi connectivity index (χ3v) is 3.51. The zero-order chi connectivity index (χ0) is 13.9. The molecule has 4 nitrogen and oxygen atoms in total. The summed E-state index contributed by atoms with van der Waals surface area (Å²) in [4.78, 5) is 8.95. The summed E-state index contributed by atoms with van der Waals surface area (Å²) in [5.41, 5.74) is 9.13.